The number of ether oxygens (including phenoxy) is 4. The molecule has 0 aliphatic heterocycles. The van der Waals surface area contributed by atoms with E-state index in [0.29, 0.717) is 10.6 Å². The highest BCUT2D eigenvalue weighted by molar-refractivity contribution is 6.30. The minimum Gasteiger partial charge on any atom is -0.468 e. The van der Waals surface area contributed by atoms with Gasteiger partial charge in [0.2, 0.25) is 0 Å². The molecule has 0 N–H and O–H groups in total. The van der Waals surface area contributed by atoms with Gasteiger partial charge < -0.3 is 18.9 Å². The first-order chi connectivity index (χ1) is 15.2. The standard InChI is InChI=1S/C23H21ClO8/c1-15(19(25)32-18-11-9-17(24)10-12-18)13-23(20(26)29-2,21(27)30-3)22(28)31-14-16-7-5-4-6-8-16/h4-12H,1,13-14H2,2-3H3. The molecule has 8 nitrogen and oxygen atoms in total. The largest absolute Gasteiger partial charge is 0.468 e. The molecule has 0 aliphatic rings. The molecule has 0 heterocycles. The Morgan fingerprint density at radius 1 is 0.875 bits per heavy atom. The molecule has 0 saturated heterocycles. The van der Waals surface area contributed by atoms with Crippen LogP contribution in [0.3, 0.4) is 0 Å². The van der Waals surface area contributed by atoms with Crippen molar-refractivity contribution in [3.63, 3.8) is 0 Å². The summed E-state index contributed by atoms with van der Waals surface area (Å²) in [5.74, 6) is -4.60. The van der Waals surface area contributed by atoms with E-state index in [1.54, 1.807) is 30.3 Å². The number of benzene rings is 2. The third-order valence-corrected chi connectivity index (χ3v) is 4.67. The van der Waals surface area contributed by atoms with Crippen molar-refractivity contribution in [3.8, 4) is 5.75 Å². The first-order valence-electron chi connectivity index (χ1n) is 9.28. The van der Waals surface area contributed by atoms with Crippen molar-refractivity contribution in [1.82, 2.24) is 0 Å². The van der Waals surface area contributed by atoms with Gasteiger partial charge in [-0.15, -0.1) is 0 Å². The molecule has 0 spiro atoms. The van der Waals surface area contributed by atoms with Gasteiger partial charge in [-0.3, -0.25) is 14.4 Å². The quantitative estimate of drug-likeness (QED) is 0.184. The topological polar surface area (TPSA) is 105 Å². The van der Waals surface area contributed by atoms with Crippen LogP contribution in [-0.4, -0.2) is 38.1 Å². The van der Waals surface area contributed by atoms with E-state index >= 15 is 0 Å². The molecule has 0 atom stereocenters. The number of esters is 4. The average molecular weight is 461 g/mol. The molecule has 0 radical (unpaired) electrons. The number of hydrogen-bond acceptors (Lipinski definition) is 8. The number of carbonyl (C=O) groups excluding carboxylic acids is 4. The highest BCUT2D eigenvalue weighted by Crippen LogP contribution is 2.32. The molecule has 2 aromatic carbocycles. The van der Waals surface area contributed by atoms with Crippen LogP contribution in [0.4, 0.5) is 0 Å². The normalized spacial score (nSPS) is 10.6. The van der Waals surface area contributed by atoms with Crippen molar-refractivity contribution < 1.29 is 38.1 Å². The molecule has 0 aliphatic carbocycles. The Morgan fingerprint density at radius 2 is 1.44 bits per heavy atom. The fourth-order valence-corrected chi connectivity index (χ4v) is 2.86. The number of methoxy groups -OCH3 is 2. The van der Waals surface area contributed by atoms with Crippen molar-refractivity contribution in [3.05, 3.63) is 77.3 Å². The fraction of sp³-hybridized carbons (Fsp3) is 0.217. The fourth-order valence-electron chi connectivity index (χ4n) is 2.74. The predicted molar refractivity (Wildman–Crippen MR) is 114 cm³/mol. The maximum absolute atomic E-state index is 13.0. The lowest BCUT2D eigenvalue weighted by Gasteiger charge is -2.26. The van der Waals surface area contributed by atoms with Gasteiger partial charge >= 0.3 is 23.9 Å². The van der Waals surface area contributed by atoms with Gasteiger partial charge in [0.05, 0.1) is 14.2 Å². The van der Waals surface area contributed by atoms with Gasteiger partial charge in [0.15, 0.2) is 0 Å². The molecule has 0 aromatic heterocycles. The highest BCUT2D eigenvalue weighted by Gasteiger charge is 2.58. The lowest BCUT2D eigenvalue weighted by atomic mass is 9.81. The molecule has 0 unspecified atom stereocenters. The van der Waals surface area contributed by atoms with E-state index in [2.05, 4.69) is 16.1 Å². The van der Waals surface area contributed by atoms with Gasteiger partial charge in [-0.05, 0) is 29.8 Å². The highest BCUT2D eigenvalue weighted by atomic mass is 35.5. The molecule has 168 valence electrons. The summed E-state index contributed by atoms with van der Waals surface area (Å²) < 4.78 is 19.7. The lowest BCUT2D eigenvalue weighted by molar-refractivity contribution is -0.182. The Morgan fingerprint density at radius 3 is 1.97 bits per heavy atom. The first-order valence-corrected chi connectivity index (χ1v) is 9.66. The second-order valence-electron chi connectivity index (χ2n) is 6.57. The third-order valence-electron chi connectivity index (χ3n) is 4.42. The Hall–Kier alpha value is -3.65. The SMILES string of the molecule is C=C(CC(C(=O)OC)(C(=O)OC)C(=O)OCc1ccccc1)C(=O)Oc1ccc(Cl)cc1. The molecule has 2 aromatic rings. The number of carbonyl (C=O) groups is 4. The van der Waals surface area contributed by atoms with E-state index in [1.807, 2.05) is 0 Å². The van der Waals surface area contributed by atoms with Crippen LogP contribution in [0.1, 0.15) is 12.0 Å². The van der Waals surface area contributed by atoms with E-state index < -0.39 is 35.7 Å². The second kappa shape index (κ2) is 11.1. The van der Waals surface area contributed by atoms with Crippen molar-refractivity contribution in [1.29, 1.82) is 0 Å². The molecule has 0 saturated carbocycles. The van der Waals surface area contributed by atoms with Gasteiger partial charge in [-0.25, -0.2) is 4.79 Å². The third kappa shape index (κ3) is 5.73. The van der Waals surface area contributed by atoms with Crippen molar-refractivity contribution in [2.45, 2.75) is 13.0 Å². The summed E-state index contributed by atoms with van der Waals surface area (Å²) in [4.78, 5) is 50.7. The molecule has 2 rings (SSSR count). The smallest absolute Gasteiger partial charge is 0.338 e. The zero-order valence-electron chi connectivity index (χ0n) is 17.5. The van der Waals surface area contributed by atoms with Crippen LogP contribution in [0.2, 0.25) is 5.02 Å². The second-order valence-corrected chi connectivity index (χ2v) is 7.01. The zero-order valence-corrected chi connectivity index (χ0v) is 18.2. The molecule has 32 heavy (non-hydrogen) atoms. The zero-order chi connectivity index (χ0) is 23.7. The monoisotopic (exact) mass is 460 g/mol. The predicted octanol–water partition coefficient (Wildman–Crippen LogP) is 3.27. The summed E-state index contributed by atoms with van der Waals surface area (Å²) >= 11 is 5.80. The first kappa shape index (κ1) is 24.6. The van der Waals surface area contributed by atoms with Crippen LogP contribution >= 0.6 is 11.6 Å². The van der Waals surface area contributed by atoms with Crippen molar-refractivity contribution >= 4 is 35.5 Å². The Bertz CT molecular complexity index is 982. The average Bonchev–Trinajstić information content (AvgIpc) is 2.81. The van der Waals surface area contributed by atoms with Gasteiger partial charge in [0.1, 0.15) is 12.4 Å². The van der Waals surface area contributed by atoms with Crippen LogP contribution in [0.25, 0.3) is 0 Å². The summed E-state index contributed by atoms with van der Waals surface area (Å²) in [5, 5.41) is 0.431. The van der Waals surface area contributed by atoms with Gasteiger partial charge in [0, 0.05) is 17.0 Å². The number of halogens is 1. The van der Waals surface area contributed by atoms with Crippen LogP contribution < -0.4 is 4.74 Å². The van der Waals surface area contributed by atoms with Crippen LogP contribution in [0.5, 0.6) is 5.75 Å². The Kier molecular flexibility index (Phi) is 8.54. The minimum atomic E-state index is -2.60. The van der Waals surface area contributed by atoms with Gasteiger partial charge in [-0.1, -0.05) is 48.5 Å². The molecule has 9 heteroatoms. The van der Waals surface area contributed by atoms with Crippen molar-refractivity contribution in [2.75, 3.05) is 14.2 Å². The molecule has 0 bridgehead atoms. The summed E-state index contributed by atoms with van der Waals surface area (Å²) in [6.45, 7) is 3.34. The summed E-state index contributed by atoms with van der Waals surface area (Å²) in [5.41, 5.74) is -2.34. The van der Waals surface area contributed by atoms with E-state index in [4.69, 9.17) is 21.1 Å². The minimum absolute atomic E-state index is 0.147. The summed E-state index contributed by atoms with van der Waals surface area (Å²) in [6.07, 6.45) is -0.771. The van der Waals surface area contributed by atoms with Crippen LogP contribution in [0.15, 0.2) is 66.7 Å². The Labute approximate surface area is 189 Å². The van der Waals surface area contributed by atoms with Gasteiger partial charge in [0.25, 0.3) is 5.41 Å². The number of hydrogen-bond donors (Lipinski definition) is 0. The summed E-state index contributed by atoms with van der Waals surface area (Å²) in [7, 11) is 1.97. The molecular weight excluding hydrogens is 440 g/mol. The lowest BCUT2D eigenvalue weighted by Crippen LogP contribution is -2.49. The number of rotatable bonds is 9. The molecule has 0 fully saturated rings. The van der Waals surface area contributed by atoms with E-state index in [9.17, 15) is 19.2 Å². The summed E-state index contributed by atoms with van der Waals surface area (Å²) in [6, 6.07) is 14.5. The molecular formula is C23H21ClO8. The maximum atomic E-state index is 13.0. The van der Waals surface area contributed by atoms with Crippen molar-refractivity contribution in [2.24, 2.45) is 5.41 Å². The van der Waals surface area contributed by atoms with Crippen LogP contribution in [-0.2, 0) is 40.0 Å². The van der Waals surface area contributed by atoms with Crippen LogP contribution in [0, 0.1) is 5.41 Å². The van der Waals surface area contributed by atoms with E-state index in [1.165, 1.54) is 24.3 Å². The van der Waals surface area contributed by atoms with E-state index in [-0.39, 0.29) is 17.9 Å². The van der Waals surface area contributed by atoms with Gasteiger partial charge in [-0.2, -0.15) is 0 Å². The van der Waals surface area contributed by atoms with E-state index in [0.717, 1.165) is 14.2 Å². The molecule has 0 amide bonds. The Balaban J connectivity index is 2.28. The maximum Gasteiger partial charge on any atom is 0.338 e.